The molecule has 0 unspecified atom stereocenters. The predicted octanol–water partition coefficient (Wildman–Crippen LogP) is 6.36. The van der Waals surface area contributed by atoms with Gasteiger partial charge >= 0.3 is 48.7 Å². The molecular weight excluding hydrogens is 718 g/mol. The molecule has 0 amide bonds. The number of nitrogen functional groups attached to an aromatic ring is 1. The van der Waals surface area contributed by atoms with E-state index in [0.29, 0.717) is 16.8 Å². The number of aliphatic hydroxyl groups is 1. The van der Waals surface area contributed by atoms with Crippen LogP contribution in [0.3, 0.4) is 0 Å². The quantitative estimate of drug-likeness (QED) is 0.0661. The van der Waals surface area contributed by atoms with Crippen LogP contribution in [0.25, 0.3) is 12.2 Å². The van der Waals surface area contributed by atoms with Gasteiger partial charge in [0.2, 0.25) is 0 Å². The molecule has 0 aliphatic rings. The maximum atomic E-state index is 11.8. The SMILES string of the molecule is CC(C)(C)OC(=O)/C(C#N)=C/c1cccc(N)c1.CC(C)(C)OC(=O)/C(C#N)=C/c1cccc([N+](=O)[O-])c1.CCO.[Cl][Sn][Cl]. The number of esters is 2. The third kappa shape index (κ3) is 21.1. The number of aliphatic hydroxyl groups excluding tert-OH is 1. The molecule has 0 atom stereocenters. The number of carbonyl (C=O) groups excluding carboxylic acids is 2. The van der Waals surface area contributed by atoms with Crippen LogP contribution in [-0.4, -0.2) is 58.7 Å². The Hall–Kier alpha value is -3.62. The Labute approximate surface area is 275 Å². The van der Waals surface area contributed by atoms with E-state index in [1.165, 1.54) is 30.4 Å². The standard InChI is InChI=1S/C14H14N2O4.C14H16N2O2.C2H6O.2ClH.Sn/c1-14(2,3)20-13(17)11(9-15)7-10-5-4-6-12(8-10)16(18)19;1-14(2,3)18-13(17)11(9-15)7-10-5-4-6-12(16)8-10;1-2-3;;;/h4-8H,1-3H3;4-8H,16H2,1-3H3;3H,2H2,1H3;2*1H;/q;;;;;+2/p-2/b2*11-7+;;;;. The van der Waals surface area contributed by atoms with Gasteiger partial charge in [-0.25, -0.2) is 9.59 Å². The van der Waals surface area contributed by atoms with Gasteiger partial charge in [0.1, 0.15) is 34.5 Å². The van der Waals surface area contributed by atoms with Gasteiger partial charge < -0.3 is 20.3 Å². The Morgan fingerprint density at radius 3 is 1.61 bits per heavy atom. The normalized spacial score (nSPS) is 10.9. The van der Waals surface area contributed by atoms with Gasteiger partial charge in [-0.2, -0.15) is 10.5 Å². The van der Waals surface area contributed by atoms with Crippen molar-refractivity contribution in [3.63, 3.8) is 0 Å². The second-order valence-electron chi connectivity index (χ2n) is 10.3. The Balaban J connectivity index is 0. The number of anilines is 1. The van der Waals surface area contributed by atoms with Gasteiger partial charge in [-0.1, -0.05) is 24.3 Å². The van der Waals surface area contributed by atoms with Gasteiger partial charge in [0.05, 0.1) is 4.92 Å². The average Bonchev–Trinajstić information content (AvgIpc) is 2.90. The molecule has 2 radical (unpaired) electrons. The van der Waals surface area contributed by atoms with E-state index in [-0.39, 0.29) is 23.4 Å². The summed E-state index contributed by atoms with van der Waals surface area (Å²) in [7, 11) is 9.87. The molecule has 2 rings (SSSR count). The fourth-order valence-electron chi connectivity index (χ4n) is 2.65. The molecule has 11 nitrogen and oxygen atoms in total. The number of rotatable bonds is 5. The molecule has 0 aliphatic carbocycles. The fourth-order valence-corrected chi connectivity index (χ4v) is 2.65. The van der Waals surface area contributed by atoms with Crippen molar-refractivity contribution in [1.82, 2.24) is 0 Å². The minimum absolute atomic E-state index is 0.0458. The third-order valence-electron chi connectivity index (χ3n) is 4.09. The van der Waals surface area contributed by atoms with Crippen LogP contribution in [0.5, 0.6) is 0 Å². The van der Waals surface area contributed by atoms with Gasteiger partial charge in [0.15, 0.2) is 0 Å². The zero-order valence-corrected chi connectivity index (χ0v) is 29.9. The summed E-state index contributed by atoms with van der Waals surface area (Å²) in [5.41, 5.74) is 5.58. The minimum atomic E-state index is -0.826. The van der Waals surface area contributed by atoms with Crippen LogP contribution in [0.1, 0.15) is 59.6 Å². The number of hydrogen-bond donors (Lipinski definition) is 2. The summed E-state index contributed by atoms with van der Waals surface area (Å²) < 4.78 is 10.2. The van der Waals surface area contributed by atoms with Crippen molar-refractivity contribution >= 4 is 72.2 Å². The van der Waals surface area contributed by atoms with Crippen LogP contribution in [0, 0.1) is 32.8 Å². The molecule has 0 fully saturated rings. The van der Waals surface area contributed by atoms with Crippen molar-refractivity contribution in [1.29, 1.82) is 10.5 Å². The van der Waals surface area contributed by atoms with Crippen molar-refractivity contribution in [3.8, 4) is 12.1 Å². The van der Waals surface area contributed by atoms with E-state index in [1.54, 1.807) is 84.9 Å². The molecule has 0 heterocycles. The summed E-state index contributed by atoms with van der Waals surface area (Å²) in [5, 5.41) is 36.2. The van der Waals surface area contributed by atoms with E-state index in [2.05, 4.69) is 0 Å². The number of ether oxygens (including phenoxy) is 2. The second-order valence-corrected chi connectivity index (χ2v) is 14.5. The van der Waals surface area contributed by atoms with Crippen LogP contribution in [0.15, 0.2) is 59.7 Å². The summed E-state index contributed by atoms with van der Waals surface area (Å²) in [5.74, 6) is -1.39. The molecule has 2 aromatic carbocycles. The van der Waals surface area contributed by atoms with Gasteiger partial charge in [0.25, 0.3) is 5.69 Å². The molecule has 0 bridgehead atoms. The second kappa shape index (κ2) is 22.0. The Morgan fingerprint density at radius 1 is 0.932 bits per heavy atom. The summed E-state index contributed by atoms with van der Waals surface area (Å²) in [6.07, 6.45) is 2.73. The van der Waals surface area contributed by atoms with Crippen LogP contribution in [-0.2, 0) is 19.1 Å². The Kier molecular flexibility index (Phi) is 21.2. The zero-order valence-electron chi connectivity index (χ0n) is 25.6. The van der Waals surface area contributed by atoms with Crippen molar-refractivity contribution in [2.75, 3.05) is 12.3 Å². The number of nitrogens with zero attached hydrogens (tertiary/aromatic N) is 3. The Bertz CT molecular complexity index is 1390. The number of carbonyl (C=O) groups is 2. The van der Waals surface area contributed by atoms with Gasteiger partial charge in [-0.15, -0.1) is 0 Å². The molecule has 14 heteroatoms. The third-order valence-corrected chi connectivity index (χ3v) is 4.09. The number of non-ortho nitro benzene ring substituents is 1. The number of hydrogen-bond acceptors (Lipinski definition) is 10. The van der Waals surface area contributed by atoms with Crippen molar-refractivity contribution in [3.05, 3.63) is 80.9 Å². The average molecular weight is 754 g/mol. The first-order chi connectivity index (χ1) is 20.4. The summed E-state index contributed by atoms with van der Waals surface area (Å²) in [6, 6.07) is 16.2. The van der Waals surface area contributed by atoms with E-state index in [0.717, 1.165) is 0 Å². The summed E-state index contributed by atoms with van der Waals surface area (Å²) in [6.45, 7) is 12.2. The molecule has 0 spiro atoms. The van der Waals surface area contributed by atoms with Crippen molar-refractivity contribution in [2.45, 2.75) is 59.7 Å². The Morgan fingerprint density at radius 2 is 1.30 bits per heavy atom. The van der Waals surface area contributed by atoms with Crippen molar-refractivity contribution in [2.24, 2.45) is 0 Å². The summed E-state index contributed by atoms with van der Waals surface area (Å²) in [4.78, 5) is 33.6. The first-order valence-corrected chi connectivity index (χ1v) is 20.0. The molecule has 0 saturated heterocycles. The van der Waals surface area contributed by atoms with E-state index in [9.17, 15) is 19.7 Å². The predicted molar refractivity (Wildman–Crippen MR) is 173 cm³/mol. The molecule has 0 aromatic heterocycles. The van der Waals surface area contributed by atoms with E-state index in [4.69, 9.17) is 48.7 Å². The number of halogens is 2. The zero-order chi connectivity index (χ0) is 34.5. The van der Waals surface area contributed by atoms with Crippen LogP contribution in [0.2, 0.25) is 0 Å². The van der Waals surface area contributed by atoms with Gasteiger partial charge in [0, 0.05) is 24.4 Å². The van der Waals surface area contributed by atoms with Crippen LogP contribution in [0.4, 0.5) is 11.4 Å². The van der Waals surface area contributed by atoms with E-state index >= 15 is 0 Å². The monoisotopic (exact) mass is 754 g/mol. The molecule has 44 heavy (non-hydrogen) atoms. The molecule has 236 valence electrons. The maximum absolute atomic E-state index is 11.8. The van der Waals surface area contributed by atoms with E-state index in [1.807, 2.05) is 6.07 Å². The molecule has 2 aromatic rings. The van der Waals surface area contributed by atoms with Crippen molar-refractivity contribution < 1.29 is 29.1 Å². The number of nitro groups is 1. The first-order valence-electron chi connectivity index (χ1n) is 12.7. The number of benzene rings is 2. The van der Waals surface area contributed by atoms with Crippen LogP contribution >= 0.6 is 17.8 Å². The number of nitriles is 2. The molecule has 0 aliphatic heterocycles. The summed E-state index contributed by atoms with van der Waals surface area (Å²) >= 11 is -0.826. The molecule has 3 N–H and O–H groups in total. The number of nitro benzene ring substituents is 1. The van der Waals surface area contributed by atoms with Gasteiger partial charge in [-0.05, 0) is 83.9 Å². The number of nitrogens with two attached hydrogens (primary N) is 1. The van der Waals surface area contributed by atoms with Crippen LogP contribution < -0.4 is 5.73 Å². The molecule has 0 saturated carbocycles. The van der Waals surface area contributed by atoms with Gasteiger partial charge in [-0.3, -0.25) is 10.1 Å². The molecular formula is C30H36Cl2N4O7Sn. The fraction of sp³-hybridized carbons (Fsp3) is 0.333. The van der Waals surface area contributed by atoms with E-state index < -0.39 is 47.0 Å². The first kappa shape index (κ1) is 42.5. The topological polar surface area (TPSA) is 190 Å².